The van der Waals surface area contributed by atoms with E-state index < -0.39 is 0 Å². The minimum Gasteiger partial charge on any atom is -0.494 e. The van der Waals surface area contributed by atoms with Crippen molar-refractivity contribution < 1.29 is 18.7 Å². The number of benzene rings is 1. The number of ether oxygens (including phenoxy) is 1. The highest BCUT2D eigenvalue weighted by atomic mass is 19.1. The third kappa shape index (κ3) is 6.16. The average molecular weight is 330 g/mol. The molecular formula is C18H19FN2O3. The Morgan fingerprint density at radius 3 is 2.62 bits per heavy atom. The number of amides is 1. The zero-order valence-electron chi connectivity index (χ0n) is 13.2. The fourth-order valence-electron chi connectivity index (χ4n) is 2.01. The van der Waals surface area contributed by atoms with Gasteiger partial charge < -0.3 is 10.1 Å². The summed E-state index contributed by atoms with van der Waals surface area (Å²) < 4.78 is 18.1. The molecule has 0 aliphatic carbocycles. The summed E-state index contributed by atoms with van der Waals surface area (Å²) in [5, 5.41) is 2.74. The summed E-state index contributed by atoms with van der Waals surface area (Å²) in [4.78, 5) is 27.4. The third-order valence-electron chi connectivity index (χ3n) is 3.29. The number of aromatic nitrogens is 1. The molecular weight excluding hydrogens is 311 g/mol. The second-order valence-corrected chi connectivity index (χ2v) is 5.17. The number of rotatable bonds is 9. The molecule has 0 aliphatic rings. The van der Waals surface area contributed by atoms with Gasteiger partial charge in [-0.1, -0.05) is 0 Å². The minimum atomic E-state index is -0.310. The standard InChI is InChI=1S/C18H19FN2O3/c19-15-4-6-16(7-5-15)24-12-2-11-21-18(23)9-8-17(22)14-3-1-10-20-13-14/h1,3-7,10,13H,2,8-9,11-12H2,(H,21,23). The van der Waals surface area contributed by atoms with Crippen LogP contribution in [0.3, 0.4) is 0 Å². The molecule has 1 amide bonds. The van der Waals surface area contributed by atoms with E-state index in [2.05, 4.69) is 10.3 Å². The second kappa shape index (κ2) is 9.39. The Morgan fingerprint density at radius 1 is 1.12 bits per heavy atom. The first-order valence-electron chi connectivity index (χ1n) is 7.73. The molecule has 0 fully saturated rings. The lowest BCUT2D eigenvalue weighted by atomic mass is 10.1. The highest BCUT2D eigenvalue weighted by Crippen LogP contribution is 2.11. The van der Waals surface area contributed by atoms with Gasteiger partial charge in [0, 0.05) is 37.3 Å². The smallest absolute Gasteiger partial charge is 0.220 e. The van der Waals surface area contributed by atoms with Crippen LogP contribution in [0, 0.1) is 5.82 Å². The van der Waals surface area contributed by atoms with Crippen LogP contribution in [-0.4, -0.2) is 29.8 Å². The Hall–Kier alpha value is -2.76. The predicted octanol–water partition coefficient (Wildman–Crippen LogP) is 2.77. The average Bonchev–Trinajstić information content (AvgIpc) is 2.61. The fraction of sp³-hybridized carbons (Fsp3) is 0.278. The fourth-order valence-corrected chi connectivity index (χ4v) is 2.01. The lowest BCUT2D eigenvalue weighted by Gasteiger charge is -2.07. The Labute approximate surface area is 139 Å². The van der Waals surface area contributed by atoms with Crippen molar-refractivity contribution in [1.29, 1.82) is 0 Å². The van der Waals surface area contributed by atoms with Crippen molar-refractivity contribution in [1.82, 2.24) is 10.3 Å². The largest absolute Gasteiger partial charge is 0.494 e. The van der Waals surface area contributed by atoms with Crippen LogP contribution in [0.15, 0.2) is 48.8 Å². The molecule has 1 aromatic carbocycles. The maximum absolute atomic E-state index is 12.7. The summed E-state index contributed by atoms with van der Waals surface area (Å²) >= 11 is 0. The molecule has 1 aromatic heterocycles. The van der Waals surface area contributed by atoms with Gasteiger partial charge in [0.15, 0.2) is 5.78 Å². The van der Waals surface area contributed by atoms with Crippen molar-refractivity contribution >= 4 is 11.7 Å². The number of hydrogen-bond acceptors (Lipinski definition) is 4. The lowest BCUT2D eigenvalue weighted by Crippen LogP contribution is -2.25. The first-order chi connectivity index (χ1) is 11.6. The van der Waals surface area contributed by atoms with Gasteiger partial charge >= 0.3 is 0 Å². The minimum absolute atomic E-state index is 0.0992. The van der Waals surface area contributed by atoms with Crippen molar-refractivity contribution in [3.05, 3.63) is 60.2 Å². The van der Waals surface area contributed by atoms with Crippen LogP contribution in [0.4, 0.5) is 4.39 Å². The van der Waals surface area contributed by atoms with Gasteiger partial charge in [0.2, 0.25) is 5.91 Å². The molecule has 5 nitrogen and oxygen atoms in total. The zero-order valence-corrected chi connectivity index (χ0v) is 13.2. The summed E-state index contributed by atoms with van der Waals surface area (Å²) in [5.41, 5.74) is 0.512. The van der Waals surface area contributed by atoms with Gasteiger partial charge in [0.1, 0.15) is 11.6 Å². The van der Waals surface area contributed by atoms with Crippen LogP contribution in [-0.2, 0) is 4.79 Å². The van der Waals surface area contributed by atoms with E-state index in [1.807, 2.05) is 0 Å². The van der Waals surface area contributed by atoms with E-state index in [9.17, 15) is 14.0 Å². The summed E-state index contributed by atoms with van der Waals surface area (Å²) in [6.45, 7) is 0.877. The highest BCUT2D eigenvalue weighted by Gasteiger charge is 2.08. The van der Waals surface area contributed by atoms with Gasteiger partial charge in [0.25, 0.3) is 0 Å². The number of carbonyl (C=O) groups excluding carboxylic acids is 2. The number of halogens is 1. The molecule has 0 unspecified atom stereocenters. The molecule has 0 bridgehead atoms. The van der Waals surface area contributed by atoms with Gasteiger partial charge in [-0.2, -0.15) is 0 Å². The molecule has 0 radical (unpaired) electrons. The van der Waals surface area contributed by atoms with Gasteiger partial charge in [0.05, 0.1) is 6.61 Å². The maximum atomic E-state index is 12.7. The molecule has 2 rings (SSSR count). The van der Waals surface area contributed by atoms with E-state index in [1.54, 1.807) is 30.5 Å². The first-order valence-corrected chi connectivity index (χ1v) is 7.73. The van der Waals surface area contributed by atoms with Gasteiger partial charge in [-0.25, -0.2) is 4.39 Å². The summed E-state index contributed by atoms with van der Waals surface area (Å²) in [5.74, 6) is 0.00662. The highest BCUT2D eigenvalue weighted by molar-refractivity contribution is 5.97. The molecule has 2 aromatic rings. The molecule has 1 N–H and O–H groups in total. The van der Waals surface area contributed by atoms with Crippen LogP contribution < -0.4 is 10.1 Å². The lowest BCUT2D eigenvalue weighted by molar-refractivity contribution is -0.121. The van der Waals surface area contributed by atoms with Crippen molar-refractivity contribution in [3.8, 4) is 5.75 Å². The molecule has 0 atom stereocenters. The number of nitrogens with zero attached hydrogens (tertiary/aromatic N) is 1. The molecule has 0 saturated carbocycles. The van der Waals surface area contributed by atoms with Crippen molar-refractivity contribution in [2.24, 2.45) is 0 Å². The SMILES string of the molecule is O=C(CCC(=O)c1cccnc1)NCCCOc1ccc(F)cc1. The monoisotopic (exact) mass is 330 g/mol. The summed E-state index contributed by atoms with van der Waals surface area (Å²) in [6, 6.07) is 9.14. The second-order valence-electron chi connectivity index (χ2n) is 5.17. The van der Waals surface area contributed by atoms with E-state index in [0.29, 0.717) is 30.9 Å². The maximum Gasteiger partial charge on any atom is 0.220 e. The normalized spacial score (nSPS) is 10.2. The predicted molar refractivity (Wildman–Crippen MR) is 87.3 cm³/mol. The van der Waals surface area contributed by atoms with Crippen molar-refractivity contribution in [2.75, 3.05) is 13.2 Å². The number of carbonyl (C=O) groups is 2. The molecule has 6 heteroatoms. The Bertz CT molecular complexity index is 660. The van der Waals surface area contributed by atoms with Gasteiger partial charge in [-0.05, 0) is 42.8 Å². The number of hydrogen-bond donors (Lipinski definition) is 1. The first kappa shape index (κ1) is 17.6. The summed E-state index contributed by atoms with van der Waals surface area (Å²) in [6.07, 6.45) is 4.01. The van der Waals surface area contributed by atoms with Gasteiger partial charge in [-0.3, -0.25) is 14.6 Å². The number of nitrogens with one attached hydrogen (secondary N) is 1. The Kier molecular flexibility index (Phi) is 6.89. The van der Waals surface area contributed by atoms with Crippen LogP contribution in [0.5, 0.6) is 5.75 Å². The van der Waals surface area contributed by atoms with Gasteiger partial charge in [-0.15, -0.1) is 0 Å². The van der Waals surface area contributed by atoms with E-state index in [-0.39, 0.29) is 30.3 Å². The molecule has 126 valence electrons. The van der Waals surface area contributed by atoms with E-state index >= 15 is 0 Å². The van der Waals surface area contributed by atoms with Crippen LogP contribution in [0.2, 0.25) is 0 Å². The molecule has 0 aliphatic heterocycles. The van der Waals surface area contributed by atoms with E-state index in [0.717, 1.165) is 0 Å². The Balaban J connectivity index is 1.56. The molecule has 0 saturated heterocycles. The van der Waals surface area contributed by atoms with E-state index in [4.69, 9.17) is 4.74 Å². The quantitative estimate of drug-likeness (QED) is 0.567. The van der Waals surface area contributed by atoms with Crippen LogP contribution in [0.25, 0.3) is 0 Å². The van der Waals surface area contributed by atoms with E-state index in [1.165, 1.54) is 18.3 Å². The molecule has 0 spiro atoms. The number of Topliss-reactive ketones (excluding diaryl/α,β-unsaturated/α-hetero) is 1. The number of pyridine rings is 1. The number of ketones is 1. The van der Waals surface area contributed by atoms with Crippen molar-refractivity contribution in [3.63, 3.8) is 0 Å². The topological polar surface area (TPSA) is 68.3 Å². The third-order valence-corrected chi connectivity index (χ3v) is 3.29. The zero-order chi connectivity index (χ0) is 17.2. The summed E-state index contributed by atoms with van der Waals surface area (Å²) in [7, 11) is 0. The molecule has 1 heterocycles. The van der Waals surface area contributed by atoms with Crippen LogP contribution >= 0.6 is 0 Å². The van der Waals surface area contributed by atoms with Crippen LogP contribution in [0.1, 0.15) is 29.6 Å². The Morgan fingerprint density at radius 2 is 1.92 bits per heavy atom. The molecule has 24 heavy (non-hydrogen) atoms. The van der Waals surface area contributed by atoms with Crippen molar-refractivity contribution in [2.45, 2.75) is 19.3 Å².